The molecule has 4 aromatic rings. The van der Waals surface area contributed by atoms with Crippen molar-refractivity contribution in [2.75, 3.05) is 0 Å². The van der Waals surface area contributed by atoms with Gasteiger partial charge < -0.3 is 9.84 Å². The van der Waals surface area contributed by atoms with E-state index in [1.54, 1.807) is 48.8 Å². The largest absolute Gasteiger partial charge is 0.492 e. The first-order valence-corrected chi connectivity index (χ1v) is 14.3. The third-order valence-electron chi connectivity index (χ3n) is 6.54. The summed E-state index contributed by atoms with van der Waals surface area (Å²) in [5, 5.41) is 20.2. The van der Waals surface area contributed by atoms with Crippen LogP contribution >= 0.6 is 0 Å². The van der Waals surface area contributed by atoms with Crippen molar-refractivity contribution in [2.45, 2.75) is 62.7 Å². The molecule has 0 saturated heterocycles. The van der Waals surface area contributed by atoms with E-state index in [0.29, 0.717) is 17.5 Å². The molecule has 0 aliphatic rings. The fourth-order valence-electron chi connectivity index (χ4n) is 4.56. The van der Waals surface area contributed by atoms with Crippen LogP contribution < -0.4 is 5.56 Å². The predicted octanol–water partition coefficient (Wildman–Crippen LogP) is 4.95. The van der Waals surface area contributed by atoms with E-state index < -0.39 is 32.2 Å². The maximum atomic E-state index is 14.0. The number of hydrogen-bond acceptors (Lipinski definition) is 8. The van der Waals surface area contributed by atoms with Crippen molar-refractivity contribution in [1.82, 2.24) is 14.5 Å². The number of rotatable bonds is 9. The van der Waals surface area contributed by atoms with Crippen molar-refractivity contribution >= 4 is 9.84 Å². The van der Waals surface area contributed by atoms with Crippen LogP contribution in [0, 0.1) is 18.3 Å². The van der Waals surface area contributed by atoms with Crippen molar-refractivity contribution in [3.05, 3.63) is 99.9 Å². The Morgan fingerprint density at radius 3 is 2.48 bits per heavy atom. The molecule has 0 fully saturated rings. The van der Waals surface area contributed by atoms with Crippen LogP contribution in [0.3, 0.4) is 0 Å². The zero-order valence-corrected chi connectivity index (χ0v) is 23.5. The first kappa shape index (κ1) is 28.7. The van der Waals surface area contributed by atoms with E-state index in [1.807, 2.05) is 33.8 Å². The molecule has 1 unspecified atom stereocenters. The van der Waals surface area contributed by atoms with Gasteiger partial charge in [0.25, 0.3) is 5.56 Å². The molecule has 1 N–H and O–H groups in total. The highest BCUT2D eigenvalue weighted by molar-refractivity contribution is 7.91. The summed E-state index contributed by atoms with van der Waals surface area (Å²) in [7, 11) is -4.47. The molecule has 206 valence electrons. The fraction of sp³-hybridized carbons (Fsp3) is 0.267. The number of hydrogen-bond donors (Lipinski definition) is 1. The lowest BCUT2D eigenvalue weighted by atomic mass is 10.0. The summed E-state index contributed by atoms with van der Waals surface area (Å²) in [4.78, 5) is 21.3. The molecule has 0 aliphatic heterocycles. The summed E-state index contributed by atoms with van der Waals surface area (Å²) in [5.74, 6) is -0.814. The molecular formula is C30H30N4O5S. The maximum absolute atomic E-state index is 14.0. The van der Waals surface area contributed by atoms with Gasteiger partial charge in [0.05, 0.1) is 28.7 Å². The van der Waals surface area contributed by atoms with E-state index in [0.717, 1.165) is 16.7 Å². The number of benzene rings is 2. The lowest BCUT2D eigenvalue weighted by Gasteiger charge is -2.24. The maximum Gasteiger partial charge on any atom is 0.277 e. The van der Waals surface area contributed by atoms with E-state index in [1.165, 1.54) is 16.7 Å². The van der Waals surface area contributed by atoms with E-state index >= 15 is 0 Å². The Kier molecular flexibility index (Phi) is 8.47. The van der Waals surface area contributed by atoms with Gasteiger partial charge >= 0.3 is 0 Å². The van der Waals surface area contributed by atoms with Gasteiger partial charge in [0.15, 0.2) is 4.90 Å². The summed E-state index contributed by atoms with van der Waals surface area (Å²) in [5.41, 5.74) is 2.70. The highest BCUT2D eigenvalue weighted by atomic mass is 32.2. The molecule has 0 aliphatic carbocycles. The van der Waals surface area contributed by atoms with Crippen LogP contribution in [0.25, 0.3) is 11.1 Å². The number of aryl methyl sites for hydroxylation is 1. The Labute approximate surface area is 233 Å². The molecule has 4 rings (SSSR count). The molecule has 40 heavy (non-hydrogen) atoms. The third-order valence-corrected chi connectivity index (χ3v) is 8.33. The van der Waals surface area contributed by atoms with Gasteiger partial charge in [-0.1, -0.05) is 31.2 Å². The zero-order valence-electron chi connectivity index (χ0n) is 22.7. The molecule has 0 amide bonds. The molecule has 9 nitrogen and oxygen atoms in total. The second-order valence-corrected chi connectivity index (χ2v) is 11.5. The number of sulfone groups is 1. The molecule has 0 bridgehead atoms. The van der Waals surface area contributed by atoms with Gasteiger partial charge in [-0.05, 0) is 79.8 Å². The Balaban J connectivity index is 1.88. The van der Waals surface area contributed by atoms with Crippen LogP contribution in [0.2, 0.25) is 0 Å². The van der Waals surface area contributed by atoms with E-state index in [-0.39, 0.29) is 23.4 Å². The third kappa shape index (κ3) is 5.66. The Hall–Kier alpha value is -4.33. The first-order chi connectivity index (χ1) is 19.1. The second-order valence-electron chi connectivity index (χ2n) is 9.60. The number of pyridine rings is 1. The standard InChI is InChI=1S/C30H30N4O5S/c1-5-26(23-8-6-7-21(15-23)16-31)34-27(18-39-19(2)3)33-29(35)28(30(34)36)40(37,38)24-11-9-22(10-12-24)25-13-14-32-17-20(25)4/h6-15,17,19,26,35H,5,18H2,1-4H3. The first-order valence-electron chi connectivity index (χ1n) is 12.8. The topological polar surface area (TPSA) is 135 Å². The molecule has 2 aromatic heterocycles. The summed E-state index contributed by atoms with van der Waals surface area (Å²) in [6.07, 6.45) is 3.54. The van der Waals surface area contributed by atoms with Crippen molar-refractivity contribution in [2.24, 2.45) is 0 Å². The summed E-state index contributed by atoms with van der Waals surface area (Å²) < 4.78 is 34.5. The number of nitriles is 1. The molecular weight excluding hydrogens is 528 g/mol. The number of aromatic hydroxyl groups is 1. The fourth-order valence-corrected chi connectivity index (χ4v) is 5.90. The number of aromatic nitrogens is 3. The Morgan fingerprint density at radius 1 is 1.12 bits per heavy atom. The predicted molar refractivity (Wildman–Crippen MR) is 150 cm³/mol. The highest BCUT2D eigenvalue weighted by Crippen LogP contribution is 2.30. The summed E-state index contributed by atoms with van der Waals surface area (Å²) in [6.45, 7) is 7.23. The van der Waals surface area contributed by atoms with E-state index in [2.05, 4.69) is 16.0 Å². The molecule has 10 heteroatoms. The minimum atomic E-state index is -4.47. The second kappa shape index (κ2) is 11.8. The molecule has 0 radical (unpaired) electrons. The Morgan fingerprint density at radius 2 is 1.85 bits per heavy atom. The van der Waals surface area contributed by atoms with E-state index in [9.17, 15) is 23.6 Å². The molecule has 1 atom stereocenters. The molecule has 0 saturated carbocycles. The van der Waals surface area contributed by atoms with Crippen molar-refractivity contribution in [3.8, 4) is 23.1 Å². The van der Waals surface area contributed by atoms with Crippen LogP contribution in [0.4, 0.5) is 0 Å². The summed E-state index contributed by atoms with van der Waals surface area (Å²) in [6, 6.07) is 16.1. The molecule has 0 spiro atoms. The van der Waals surface area contributed by atoms with Gasteiger partial charge in [0.2, 0.25) is 15.7 Å². The monoisotopic (exact) mass is 558 g/mol. The quantitative estimate of drug-likeness (QED) is 0.305. The van der Waals surface area contributed by atoms with Crippen LogP contribution in [-0.2, 0) is 21.2 Å². The van der Waals surface area contributed by atoms with Crippen LogP contribution in [-0.4, -0.2) is 34.2 Å². The average Bonchev–Trinajstić information content (AvgIpc) is 2.94. The molecule has 2 heterocycles. The van der Waals surface area contributed by atoms with Crippen LogP contribution in [0.5, 0.6) is 5.88 Å². The smallest absolute Gasteiger partial charge is 0.277 e. The van der Waals surface area contributed by atoms with Gasteiger partial charge in [-0.15, -0.1) is 0 Å². The van der Waals surface area contributed by atoms with Crippen molar-refractivity contribution in [1.29, 1.82) is 5.26 Å². The van der Waals surface area contributed by atoms with Gasteiger partial charge in [0.1, 0.15) is 12.4 Å². The normalized spacial score (nSPS) is 12.3. The van der Waals surface area contributed by atoms with Crippen LogP contribution in [0.15, 0.2) is 81.6 Å². The number of ether oxygens (including phenoxy) is 1. The lowest BCUT2D eigenvalue weighted by molar-refractivity contribution is 0.0573. The van der Waals surface area contributed by atoms with Crippen LogP contribution in [0.1, 0.15) is 55.7 Å². The zero-order chi connectivity index (χ0) is 29.0. The van der Waals surface area contributed by atoms with E-state index in [4.69, 9.17) is 4.74 Å². The van der Waals surface area contributed by atoms with Gasteiger partial charge in [0, 0.05) is 12.4 Å². The van der Waals surface area contributed by atoms with Crippen molar-refractivity contribution < 1.29 is 18.3 Å². The minimum absolute atomic E-state index is 0.0767. The minimum Gasteiger partial charge on any atom is -0.492 e. The van der Waals surface area contributed by atoms with Gasteiger partial charge in [-0.25, -0.2) is 8.42 Å². The number of nitrogens with zero attached hydrogens (tertiary/aromatic N) is 4. The van der Waals surface area contributed by atoms with Gasteiger partial charge in [-0.2, -0.15) is 10.2 Å². The van der Waals surface area contributed by atoms with Crippen molar-refractivity contribution in [3.63, 3.8) is 0 Å². The SMILES string of the molecule is CCC(c1cccc(C#N)c1)n1c(COC(C)C)nc(O)c(S(=O)(=O)c2ccc(-c3ccncc3C)cc2)c1=O. The van der Waals surface area contributed by atoms with Gasteiger partial charge in [-0.3, -0.25) is 14.3 Å². The lowest BCUT2D eigenvalue weighted by Crippen LogP contribution is -2.34. The highest BCUT2D eigenvalue weighted by Gasteiger charge is 2.32. The molecule has 2 aromatic carbocycles. The Bertz CT molecular complexity index is 1740. The summed E-state index contributed by atoms with van der Waals surface area (Å²) >= 11 is 0. The average molecular weight is 559 g/mol.